The molecule has 2 aromatic rings. The van der Waals surface area contributed by atoms with Crippen molar-refractivity contribution in [2.24, 2.45) is 4.99 Å². The Morgan fingerprint density at radius 2 is 2.47 bits per heavy atom. The molecule has 3 nitrogen and oxygen atoms in total. The molecule has 7 heteroatoms. The first-order chi connectivity index (χ1) is 8.25. The molecule has 3 rings (SSSR count). The van der Waals surface area contributed by atoms with Crippen LogP contribution in [0.4, 0.5) is 0 Å². The second-order valence-electron chi connectivity index (χ2n) is 3.63. The number of rotatable bonds is 2. The molecule has 0 aromatic carbocycles. The first kappa shape index (κ1) is 12.1. The smallest absolute Gasteiger partial charge is 0.195 e. The van der Waals surface area contributed by atoms with Gasteiger partial charge in [0, 0.05) is 22.6 Å². The van der Waals surface area contributed by atoms with Crippen molar-refractivity contribution in [3.05, 3.63) is 21.4 Å². The molecule has 0 bridgehead atoms. The van der Waals surface area contributed by atoms with E-state index in [0.717, 1.165) is 33.3 Å². The summed E-state index contributed by atoms with van der Waals surface area (Å²) >= 11 is 8.96. The maximum absolute atomic E-state index is 4.64. The lowest BCUT2D eigenvalue weighted by atomic mass is 10.5. The summed E-state index contributed by atoms with van der Waals surface area (Å²) in [7, 11) is 0. The fourth-order valence-corrected chi connectivity index (χ4v) is 5.43. The molecule has 3 heterocycles. The number of hydrogen-bond donors (Lipinski definition) is 0. The molecule has 0 saturated carbocycles. The molecule has 0 N–H and O–H groups in total. The highest BCUT2D eigenvalue weighted by atomic mass is 79.9. The van der Waals surface area contributed by atoms with E-state index < -0.39 is 0 Å². The van der Waals surface area contributed by atoms with Crippen molar-refractivity contribution < 1.29 is 0 Å². The minimum absolute atomic E-state index is 0.889. The summed E-state index contributed by atoms with van der Waals surface area (Å²) in [5.41, 5.74) is 2.34. The van der Waals surface area contributed by atoms with Crippen LogP contribution in [0.5, 0.6) is 0 Å². The van der Waals surface area contributed by atoms with Crippen LogP contribution in [-0.2, 0) is 5.75 Å². The molecule has 0 fully saturated rings. The number of aliphatic imine (C=N–C) groups is 1. The van der Waals surface area contributed by atoms with Crippen LogP contribution in [0.1, 0.15) is 11.4 Å². The maximum atomic E-state index is 4.64. The predicted octanol–water partition coefficient (Wildman–Crippen LogP) is 3.80. The van der Waals surface area contributed by atoms with Gasteiger partial charge in [-0.3, -0.25) is 9.39 Å². The lowest BCUT2D eigenvalue weighted by Crippen LogP contribution is -1.88. The number of aromatic nitrogens is 2. The summed E-state index contributed by atoms with van der Waals surface area (Å²) in [6.45, 7) is 3.06. The summed E-state index contributed by atoms with van der Waals surface area (Å²) in [5, 5.41) is 2.13. The molecule has 0 spiro atoms. The van der Waals surface area contributed by atoms with Crippen LogP contribution in [0.15, 0.2) is 15.0 Å². The van der Waals surface area contributed by atoms with E-state index in [0.29, 0.717) is 0 Å². The van der Waals surface area contributed by atoms with Gasteiger partial charge in [0.1, 0.15) is 8.98 Å². The van der Waals surface area contributed by atoms with Crippen LogP contribution in [0, 0.1) is 6.92 Å². The Hall–Kier alpha value is 0.0200. The van der Waals surface area contributed by atoms with Gasteiger partial charge in [-0.05, 0) is 22.9 Å². The first-order valence-corrected chi connectivity index (χ1v) is 8.81. The number of halogens is 1. The number of hydrogen-bond acceptors (Lipinski definition) is 5. The molecular formula is C10H10BrN3S3. The van der Waals surface area contributed by atoms with E-state index in [9.17, 15) is 0 Å². The normalized spacial score (nSPS) is 15.8. The highest BCUT2D eigenvalue weighted by Gasteiger charge is 2.15. The largest absolute Gasteiger partial charge is 0.282 e. The van der Waals surface area contributed by atoms with Gasteiger partial charge in [0.15, 0.2) is 4.96 Å². The van der Waals surface area contributed by atoms with Crippen molar-refractivity contribution in [1.29, 1.82) is 0 Å². The van der Waals surface area contributed by atoms with E-state index in [2.05, 4.69) is 42.6 Å². The van der Waals surface area contributed by atoms with Crippen molar-refractivity contribution >= 4 is 60.1 Å². The number of fused-ring (bicyclic) bond motifs is 1. The van der Waals surface area contributed by atoms with Gasteiger partial charge in [0.2, 0.25) is 0 Å². The zero-order chi connectivity index (χ0) is 11.8. The van der Waals surface area contributed by atoms with Gasteiger partial charge in [-0.15, -0.1) is 11.3 Å². The second kappa shape index (κ2) is 4.95. The minimum Gasteiger partial charge on any atom is -0.282 e. The molecule has 1 aliphatic heterocycles. The van der Waals surface area contributed by atoms with Gasteiger partial charge in [-0.25, -0.2) is 4.98 Å². The van der Waals surface area contributed by atoms with Gasteiger partial charge in [0.05, 0.1) is 12.2 Å². The van der Waals surface area contributed by atoms with Gasteiger partial charge in [-0.1, -0.05) is 23.5 Å². The summed E-state index contributed by atoms with van der Waals surface area (Å²) in [6.07, 6.45) is 0. The van der Waals surface area contributed by atoms with Crippen molar-refractivity contribution in [3.63, 3.8) is 0 Å². The van der Waals surface area contributed by atoms with Gasteiger partial charge < -0.3 is 0 Å². The fraction of sp³-hybridized carbons (Fsp3) is 0.400. The molecular weight excluding hydrogens is 338 g/mol. The average Bonchev–Trinajstić information content (AvgIpc) is 2.98. The van der Waals surface area contributed by atoms with Crippen LogP contribution in [0.25, 0.3) is 4.96 Å². The Kier molecular flexibility index (Phi) is 3.52. The topological polar surface area (TPSA) is 29.7 Å². The SMILES string of the molecule is Cc1csc2nc(CSC3=NCCS3)c(Br)n12. The molecule has 2 aromatic heterocycles. The summed E-state index contributed by atoms with van der Waals surface area (Å²) in [4.78, 5) is 10.1. The maximum Gasteiger partial charge on any atom is 0.195 e. The first-order valence-electron chi connectivity index (χ1n) is 5.16. The van der Waals surface area contributed by atoms with Crippen molar-refractivity contribution in [3.8, 4) is 0 Å². The summed E-state index contributed by atoms with van der Waals surface area (Å²) < 4.78 is 4.44. The Labute approximate surface area is 120 Å². The van der Waals surface area contributed by atoms with Crippen LogP contribution < -0.4 is 0 Å². The fourth-order valence-electron chi connectivity index (χ4n) is 1.62. The highest BCUT2D eigenvalue weighted by molar-refractivity contribution is 9.10. The third kappa shape index (κ3) is 2.30. The summed E-state index contributed by atoms with van der Waals surface area (Å²) in [5.74, 6) is 2.02. The number of nitrogens with zero attached hydrogens (tertiary/aromatic N) is 3. The van der Waals surface area contributed by atoms with Crippen LogP contribution in [0.3, 0.4) is 0 Å². The summed E-state index contributed by atoms with van der Waals surface area (Å²) in [6, 6.07) is 0. The molecule has 0 amide bonds. The zero-order valence-corrected chi connectivity index (χ0v) is 13.2. The van der Waals surface area contributed by atoms with Gasteiger partial charge in [0.25, 0.3) is 0 Å². The van der Waals surface area contributed by atoms with E-state index in [1.807, 2.05) is 11.8 Å². The number of imidazole rings is 1. The predicted molar refractivity (Wildman–Crippen MR) is 81.6 cm³/mol. The van der Waals surface area contributed by atoms with E-state index in [-0.39, 0.29) is 0 Å². The minimum atomic E-state index is 0.889. The lowest BCUT2D eigenvalue weighted by molar-refractivity contribution is 1.09. The standard InChI is InChI=1S/C10H10BrN3S3/c1-6-4-16-9-13-7(8(11)14(6)9)5-17-10-12-2-3-15-10/h4H,2-3,5H2,1H3. The molecule has 0 radical (unpaired) electrons. The Morgan fingerprint density at radius 3 is 3.18 bits per heavy atom. The average molecular weight is 348 g/mol. The van der Waals surface area contributed by atoms with E-state index in [1.54, 1.807) is 23.1 Å². The van der Waals surface area contributed by atoms with Crippen LogP contribution >= 0.6 is 50.8 Å². The zero-order valence-electron chi connectivity index (χ0n) is 9.14. The van der Waals surface area contributed by atoms with Crippen LogP contribution in [-0.4, -0.2) is 26.1 Å². The Morgan fingerprint density at radius 1 is 1.59 bits per heavy atom. The lowest BCUT2D eigenvalue weighted by Gasteiger charge is -1.98. The van der Waals surface area contributed by atoms with Crippen molar-refractivity contribution in [1.82, 2.24) is 9.38 Å². The second-order valence-corrected chi connectivity index (χ2v) is 7.52. The number of aryl methyl sites for hydroxylation is 1. The van der Waals surface area contributed by atoms with Crippen molar-refractivity contribution in [2.45, 2.75) is 12.7 Å². The van der Waals surface area contributed by atoms with Gasteiger partial charge >= 0.3 is 0 Å². The van der Waals surface area contributed by atoms with E-state index >= 15 is 0 Å². The number of thiazole rings is 1. The van der Waals surface area contributed by atoms with E-state index in [4.69, 9.17) is 0 Å². The molecule has 90 valence electrons. The molecule has 0 saturated heterocycles. The third-order valence-corrected chi connectivity index (χ3v) is 6.45. The molecule has 0 atom stereocenters. The molecule has 0 aliphatic carbocycles. The van der Waals surface area contributed by atoms with Crippen molar-refractivity contribution in [2.75, 3.05) is 12.3 Å². The van der Waals surface area contributed by atoms with E-state index in [1.165, 1.54) is 10.1 Å². The number of thioether (sulfide) groups is 2. The Bertz CT molecular complexity index is 587. The third-order valence-electron chi connectivity index (χ3n) is 2.43. The van der Waals surface area contributed by atoms with Crippen LogP contribution in [0.2, 0.25) is 0 Å². The highest BCUT2D eigenvalue weighted by Crippen LogP contribution is 2.30. The molecule has 0 unspecified atom stereocenters. The Balaban J connectivity index is 1.82. The molecule has 17 heavy (non-hydrogen) atoms. The molecule has 1 aliphatic rings. The van der Waals surface area contributed by atoms with Gasteiger partial charge in [-0.2, -0.15) is 0 Å². The monoisotopic (exact) mass is 347 g/mol. The quantitative estimate of drug-likeness (QED) is 0.827.